The summed E-state index contributed by atoms with van der Waals surface area (Å²) in [5.74, 6) is 0.508. The average Bonchev–Trinajstić information content (AvgIpc) is 2.98. The highest BCUT2D eigenvalue weighted by Gasteiger charge is 2.11. The van der Waals surface area contributed by atoms with Gasteiger partial charge >= 0.3 is 6.55 Å². The number of nitrogens with zero attached hydrogens (tertiary/aromatic N) is 4. The van der Waals surface area contributed by atoms with Gasteiger partial charge in [-0.1, -0.05) is 13.8 Å². The number of hydrogen-bond acceptors (Lipinski definition) is 3. The van der Waals surface area contributed by atoms with E-state index in [1.807, 2.05) is 10.7 Å². The minimum atomic E-state index is -2.60. The smallest absolute Gasteiger partial charge is 0.306 e. The molecule has 2 rings (SSSR count). The lowest BCUT2D eigenvalue weighted by Gasteiger charge is -2.11. The molecule has 0 unspecified atom stereocenters. The maximum Gasteiger partial charge on any atom is 0.333 e. The van der Waals surface area contributed by atoms with Crippen LogP contribution in [0.15, 0.2) is 24.5 Å². The fourth-order valence-corrected chi connectivity index (χ4v) is 2.00. The first-order valence-electron chi connectivity index (χ1n) is 6.60. The molecule has 1 N–H and O–H groups in total. The standard InChI is InChI=1S/C13H19F2N5.ClH/c1-10(2)9-19-11(3-5-17-19)7-16-8-12-4-6-18-20(12)13(14)15;/h3-6,10,13,16H,7-9H2,1-2H3;1H. The van der Waals surface area contributed by atoms with Crippen molar-refractivity contribution in [3.8, 4) is 0 Å². The fraction of sp³-hybridized carbons (Fsp3) is 0.538. The maximum absolute atomic E-state index is 12.6. The molecule has 0 saturated carbocycles. The summed E-state index contributed by atoms with van der Waals surface area (Å²) in [5.41, 5.74) is 1.51. The molecule has 0 atom stereocenters. The SMILES string of the molecule is CC(C)Cn1nccc1CNCc1ccnn1C(F)F.Cl. The van der Waals surface area contributed by atoms with E-state index in [1.165, 1.54) is 6.20 Å². The number of halogens is 3. The maximum atomic E-state index is 12.6. The van der Waals surface area contributed by atoms with Gasteiger partial charge < -0.3 is 5.32 Å². The summed E-state index contributed by atoms with van der Waals surface area (Å²) in [4.78, 5) is 0. The number of alkyl halides is 2. The molecule has 0 aliphatic rings. The van der Waals surface area contributed by atoms with Crippen molar-refractivity contribution in [3.05, 3.63) is 35.9 Å². The first kappa shape index (κ1) is 17.6. The molecule has 2 heterocycles. The molecule has 118 valence electrons. The van der Waals surface area contributed by atoms with Crippen molar-refractivity contribution in [2.45, 2.75) is 40.0 Å². The van der Waals surface area contributed by atoms with Crippen LogP contribution in [-0.2, 0) is 19.6 Å². The van der Waals surface area contributed by atoms with Gasteiger partial charge in [-0.2, -0.15) is 19.0 Å². The molecule has 0 spiro atoms. The van der Waals surface area contributed by atoms with Crippen molar-refractivity contribution in [1.29, 1.82) is 0 Å². The van der Waals surface area contributed by atoms with E-state index in [-0.39, 0.29) is 12.4 Å². The number of hydrogen-bond donors (Lipinski definition) is 1. The molecule has 0 amide bonds. The monoisotopic (exact) mass is 319 g/mol. The second kappa shape index (κ2) is 8.09. The highest BCUT2D eigenvalue weighted by molar-refractivity contribution is 5.85. The minimum absolute atomic E-state index is 0. The summed E-state index contributed by atoms with van der Waals surface area (Å²) in [6.07, 6.45) is 3.13. The van der Waals surface area contributed by atoms with Crippen LogP contribution in [-0.4, -0.2) is 19.6 Å². The van der Waals surface area contributed by atoms with Gasteiger partial charge in [0.1, 0.15) is 0 Å². The average molecular weight is 320 g/mol. The van der Waals surface area contributed by atoms with E-state index >= 15 is 0 Å². The van der Waals surface area contributed by atoms with E-state index in [2.05, 4.69) is 29.4 Å². The topological polar surface area (TPSA) is 47.7 Å². The molecule has 8 heteroatoms. The second-order valence-corrected chi connectivity index (χ2v) is 5.05. The van der Waals surface area contributed by atoms with Crippen LogP contribution in [0.2, 0.25) is 0 Å². The molecule has 0 aliphatic carbocycles. The molecule has 5 nitrogen and oxygen atoms in total. The van der Waals surface area contributed by atoms with Gasteiger partial charge in [0, 0.05) is 32.0 Å². The Morgan fingerprint density at radius 3 is 2.38 bits per heavy atom. The lowest BCUT2D eigenvalue weighted by molar-refractivity contribution is 0.0531. The Hall–Kier alpha value is -1.47. The Morgan fingerprint density at radius 2 is 1.71 bits per heavy atom. The van der Waals surface area contributed by atoms with Crippen molar-refractivity contribution in [3.63, 3.8) is 0 Å². The zero-order valence-electron chi connectivity index (χ0n) is 12.0. The summed E-state index contributed by atoms with van der Waals surface area (Å²) in [7, 11) is 0. The van der Waals surface area contributed by atoms with Crippen molar-refractivity contribution in [2.24, 2.45) is 5.92 Å². The third-order valence-corrected chi connectivity index (χ3v) is 2.89. The van der Waals surface area contributed by atoms with Gasteiger partial charge in [-0.25, -0.2) is 4.68 Å². The summed E-state index contributed by atoms with van der Waals surface area (Å²) in [6.45, 7) is 3.42. The van der Waals surface area contributed by atoms with E-state index in [0.717, 1.165) is 16.9 Å². The molecule has 2 aromatic rings. The number of rotatable bonds is 7. The Balaban J connectivity index is 0.00000220. The minimum Gasteiger partial charge on any atom is -0.306 e. The lowest BCUT2D eigenvalue weighted by atomic mass is 10.2. The number of nitrogens with one attached hydrogen (secondary N) is 1. The van der Waals surface area contributed by atoms with Crippen molar-refractivity contribution < 1.29 is 8.78 Å². The molecule has 0 fully saturated rings. The highest BCUT2D eigenvalue weighted by Crippen LogP contribution is 2.12. The summed E-state index contributed by atoms with van der Waals surface area (Å²) in [6, 6.07) is 3.52. The van der Waals surface area contributed by atoms with E-state index in [0.29, 0.717) is 24.7 Å². The second-order valence-electron chi connectivity index (χ2n) is 5.05. The van der Waals surface area contributed by atoms with Crippen LogP contribution in [0.3, 0.4) is 0 Å². The van der Waals surface area contributed by atoms with E-state index in [1.54, 1.807) is 12.3 Å². The third-order valence-electron chi connectivity index (χ3n) is 2.89. The van der Waals surface area contributed by atoms with Gasteiger partial charge in [-0.15, -0.1) is 12.4 Å². The van der Waals surface area contributed by atoms with E-state index < -0.39 is 6.55 Å². The molecule has 0 aromatic carbocycles. The van der Waals surface area contributed by atoms with Gasteiger partial charge in [0.15, 0.2) is 0 Å². The van der Waals surface area contributed by atoms with Crippen LogP contribution in [0.5, 0.6) is 0 Å². The summed E-state index contributed by atoms with van der Waals surface area (Å²) in [5, 5.41) is 11.0. The van der Waals surface area contributed by atoms with E-state index in [4.69, 9.17) is 0 Å². The first-order valence-corrected chi connectivity index (χ1v) is 6.60. The zero-order chi connectivity index (χ0) is 14.5. The normalized spacial score (nSPS) is 11.1. The van der Waals surface area contributed by atoms with Gasteiger partial charge in [-0.05, 0) is 18.1 Å². The molecular formula is C13H20ClF2N5. The van der Waals surface area contributed by atoms with Crippen LogP contribution in [0.1, 0.15) is 31.8 Å². The van der Waals surface area contributed by atoms with Crippen molar-refractivity contribution in [2.75, 3.05) is 0 Å². The highest BCUT2D eigenvalue weighted by atomic mass is 35.5. The first-order chi connectivity index (χ1) is 9.58. The van der Waals surface area contributed by atoms with Crippen LogP contribution in [0.25, 0.3) is 0 Å². The Labute approximate surface area is 128 Å². The molecule has 0 bridgehead atoms. The van der Waals surface area contributed by atoms with Crippen LogP contribution < -0.4 is 5.32 Å². The van der Waals surface area contributed by atoms with Gasteiger partial charge in [-0.3, -0.25) is 4.68 Å². The summed E-state index contributed by atoms with van der Waals surface area (Å²) >= 11 is 0. The van der Waals surface area contributed by atoms with Crippen molar-refractivity contribution in [1.82, 2.24) is 24.9 Å². The molecule has 21 heavy (non-hydrogen) atoms. The number of aromatic nitrogens is 4. The van der Waals surface area contributed by atoms with E-state index in [9.17, 15) is 8.78 Å². The molecular weight excluding hydrogens is 300 g/mol. The Kier molecular flexibility index (Phi) is 6.77. The summed E-state index contributed by atoms with van der Waals surface area (Å²) < 4.78 is 27.9. The van der Waals surface area contributed by atoms with Gasteiger partial charge in [0.2, 0.25) is 0 Å². The lowest BCUT2D eigenvalue weighted by Crippen LogP contribution is -2.20. The molecule has 0 saturated heterocycles. The third kappa shape index (κ3) is 4.78. The molecule has 2 aromatic heterocycles. The molecule has 0 radical (unpaired) electrons. The zero-order valence-corrected chi connectivity index (χ0v) is 12.9. The molecule has 0 aliphatic heterocycles. The predicted octanol–water partition coefficient (Wildman–Crippen LogP) is 2.84. The van der Waals surface area contributed by atoms with Gasteiger partial charge in [0.05, 0.1) is 11.4 Å². The van der Waals surface area contributed by atoms with Crippen LogP contribution >= 0.6 is 12.4 Å². The van der Waals surface area contributed by atoms with Crippen LogP contribution in [0.4, 0.5) is 8.78 Å². The van der Waals surface area contributed by atoms with Crippen molar-refractivity contribution >= 4 is 12.4 Å². The Bertz CT molecular complexity index is 538. The largest absolute Gasteiger partial charge is 0.333 e. The predicted molar refractivity (Wildman–Crippen MR) is 78.3 cm³/mol. The van der Waals surface area contributed by atoms with Gasteiger partial charge in [0.25, 0.3) is 0 Å². The van der Waals surface area contributed by atoms with Crippen LogP contribution in [0, 0.1) is 5.92 Å². The quantitative estimate of drug-likeness (QED) is 0.853. The Morgan fingerprint density at radius 1 is 1.10 bits per heavy atom. The fourth-order valence-electron chi connectivity index (χ4n) is 2.00.